The number of nitrogens with one attached hydrogen (secondary N) is 1. The molecule has 6 nitrogen and oxygen atoms in total. The van der Waals surface area contributed by atoms with Crippen molar-refractivity contribution in [3.63, 3.8) is 0 Å². The second kappa shape index (κ2) is 18.8. The van der Waals surface area contributed by atoms with Crippen molar-refractivity contribution < 1.29 is 24.2 Å². The number of carboxylic acid groups (broad SMARTS) is 1. The molecule has 0 aliphatic rings. The van der Waals surface area contributed by atoms with E-state index in [2.05, 4.69) is 19.2 Å². The highest BCUT2D eigenvalue weighted by molar-refractivity contribution is 5.80. The van der Waals surface area contributed by atoms with Gasteiger partial charge in [-0.15, -0.1) is 0 Å². The van der Waals surface area contributed by atoms with Gasteiger partial charge in [-0.05, 0) is 32.1 Å². The monoisotopic (exact) mass is 399 g/mol. The van der Waals surface area contributed by atoms with Crippen LogP contribution >= 0.6 is 0 Å². The molecule has 1 amide bonds. The average molecular weight is 400 g/mol. The zero-order chi connectivity index (χ0) is 21.0. The minimum absolute atomic E-state index is 0.0251. The molecule has 6 heteroatoms. The van der Waals surface area contributed by atoms with E-state index in [0.29, 0.717) is 12.8 Å². The Labute approximate surface area is 170 Å². The van der Waals surface area contributed by atoms with E-state index in [-0.39, 0.29) is 24.5 Å². The van der Waals surface area contributed by atoms with E-state index in [0.717, 1.165) is 51.4 Å². The van der Waals surface area contributed by atoms with Gasteiger partial charge in [-0.3, -0.25) is 14.4 Å². The molecule has 0 aromatic carbocycles. The number of unbranched alkanes of at least 4 members (excludes halogenated alkanes) is 8. The largest absolute Gasteiger partial charge is 0.480 e. The molecule has 0 saturated heterocycles. The predicted molar refractivity (Wildman–Crippen MR) is 111 cm³/mol. The van der Waals surface area contributed by atoms with Crippen molar-refractivity contribution in [3.05, 3.63) is 0 Å². The van der Waals surface area contributed by atoms with Gasteiger partial charge in [0.2, 0.25) is 5.91 Å². The number of rotatable bonds is 19. The summed E-state index contributed by atoms with van der Waals surface area (Å²) in [6.07, 6.45) is 14.3. The molecule has 0 heterocycles. The van der Waals surface area contributed by atoms with Gasteiger partial charge < -0.3 is 15.2 Å². The first-order chi connectivity index (χ1) is 13.5. The fourth-order valence-corrected chi connectivity index (χ4v) is 3.15. The summed E-state index contributed by atoms with van der Waals surface area (Å²) in [5.74, 6) is -1.34. The van der Waals surface area contributed by atoms with Crippen LogP contribution in [0.2, 0.25) is 0 Å². The Kier molecular flexibility index (Phi) is 17.7. The third-order valence-electron chi connectivity index (χ3n) is 4.76. The number of ether oxygens (including phenoxy) is 1. The maximum absolute atomic E-state index is 12.0. The van der Waals surface area contributed by atoms with Crippen LogP contribution in [0.1, 0.15) is 110 Å². The zero-order valence-electron chi connectivity index (χ0n) is 18.0. The SMILES string of the molecule is CCCCCCCCCC(=O)OC(CCC)CCCCCC(=O)NCC(=O)O. The Bertz CT molecular complexity index is 425. The third-order valence-corrected chi connectivity index (χ3v) is 4.76. The van der Waals surface area contributed by atoms with E-state index in [9.17, 15) is 14.4 Å². The standard InChI is InChI=1S/C22H41NO5/c1-3-5-6-7-8-9-13-17-22(27)28-19(14-4-2)15-11-10-12-16-20(24)23-18-21(25)26/h19H,3-18H2,1-2H3,(H,23,24)(H,25,26). The number of esters is 1. The lowest BCUT2D eigenvalue weighted by Crippen LogP contribution is -2.28. The van der Waals surface area contributed by atoms with Crippen molar-refractivity contribution in [3.8, 4) is 0 Å². The highest BCUT2D eigenvalue weighted by atomic mass is 16.5. The van der Waals surface area contributed by atoms with Crippen LogP contribution in [0.5, 0.6) is 0 Å². The van der Waals surface area contributed by atoms with Crippen molar-refractivity contribution in [2.24, 2.45) is 0 Å². The Balaban J connectivity index is 3.79. The van der Waals surface area contributed by atoms with E-state index in [4.69, 9.17) is 9.84 Å². The summed E-state index contributed by atoms with van der Waals surface area (Å²) in [6.45, 7) is 3.97. The van der Waals surface area contributed by atoms with Gasteiger partial charge in [0.1, 0.15) is 12.6 Å². The molecule has 1 atom stereocenters. The van der Waals surface area contributed by atoms with Gasteiger partial charge in [0.05, 0.1) is 0 Å². The summed E-state index contributed by atoms with van der Waals surface area (Å²) in [5.41, 5.74) is 0. The summed E-state index contributed by atoms with van der Waals surface area (Å²) in [6, 6.07) is 0. The predicted octanol–water partition coefficient (Wildman–Crippen LogP) is 4.99. The van der Waals surface area contributed by atoms with Gasteiger partial charge in [-0.1, -0.05) is 65.2 Å². The fraction of sp³-hybridized carbons (Fsp3) is 0.864. The summed E-state index contributed by atoms with van der Waals surface area (Å²) >= 11 is 0. The lowest BCUT2D eigenvalue weighted by atomic mass is 10.0. The van der Waals surface area contributed by atoms with Crippen molar-refractivity contribution in [2.45, 2.75) is 116 Å². The van der Waals surface area contributed by atoms with Crippen LogP contribution in [-0.2, 0) is 19.1 Å². The van der Waals surface area contributed by atoms with Gasteiger partial charge >= 0.3 is 11.9 Å². The van der Waals surface area contributed by atoms with Crippen LogP contribution < -0.4 is 5.32 Å². The van der Waals surface area contributed by atoms with Gasteiger partial charge in [-0.25, -0.2) is 0 Å². The van der Waals surface area contributed by atoms with Crippen LogP contribution in [0.25, 0.3) is 0 Å². The summed E-state index contributed by atoms with van der Waals surface area (Å²) in [5, 5.41) is 10.9. The first-order valence-electron chi connectivity index (χ1n) is 11.2. The molecule has 1 unspecified atom stereocenters. The first kappa shape index (κ1) is 26.4. The molecule has 0 spiro atoms. The second-order valence-electron chi connectivity index (χ2n) is 7.54. The van der Waals surface area contributed by atoms with Crippen LogP contribution in [0, 0.1) is 0 Å². The van der Waals surface area contributed by atoms with Crippen molar-refractivity contribution in [1.82, 2.24) is 5.32 Å². The van der Waals surface area contributed by atoms with E-state index in [1.54, 1.807) is 0 Å². The fourth-order valence-electron chi connectivity index (χ4n) is 3.15. The number of amides is 1. The van der Waals surface area contributed by atoms with Crippen LogP contribution in [0.4, 0.5) is 0 Å². The normalized spacial score (nSPS) is 11.8. The minimum Gasteiger partial charge on any atom is -0.480 e. The van der Waals surface area contributed by atoms with Gasteiger partial charge in [0, 0.05) is 12.8 Å². The van der Waals surface area contributed by atoms with Gasteiger partial charge in [0.25, 0.3) is 0 Å². The molecule has 28 heavy (non-hydrogen) atoms. The molecular weight excluding hydrogens is 358 g/mol. The molecule has 0 saturated carbocycles. The number of carbonyl (C=O) groups is 3. The maximum atomic E-state index is 12.0. The smallest absolute Gasteiger partial charge is 0.322 e. The Morgan fingerprint density at radius 2 is 1.39 bits per heavy atom. The highest BCUT2D eigenvalue weighted by Gasteiger charge is 2.13. The van der Waals surface area contributed by atoms with E-state index in [1.807, 2.05) is 0 Å². The van der Waals surface area contributed by atoms with Crippen LogP contribution in [0.3, 0.4) is 0 Å². The molecule has 0 aromatic heterocycles. The van der Waals surface area contributed by atoms with Crippen LogP contribution in [-0.4, -0.2) is 35.6 Å². The van der Waals surface area contributed by atoms with Gasteiger partial charge in [0.15, 0.2) is 0 Å². The van der Waals surface area contributed by atoms with Crippen molar-refractivity contribution >= 4 is 17.8 Å². The second-order valence-corrected chi connectivity index (χ2v) is 7.54. The Morgan fingerprint density at radius 3 is 2.04 bits per heavy atom. The number of carboxylic acids is 1. The van der Waals surface area contributed by atoms with Gasteiger partial charge in [-0.2, -0.15) is 0 Å². The maximum Gasteiger partial charge on any atom is 0.322 e. The summed E-state index contributed by atoms with van der Waals surface area (Å²) < 4.78 is 5.65. The lowest BCUT2D eigenvalue weighted by molar-refractivity contribution is -0.150. The zero-order valence-corrected chi connectivity index (χ0v) is 18.0. The molecule has 0 rings (SSSR count). The highest BCUT2D eigenvalue weighted by Crippen LogP contribution is 2.15. The number of carbonyl (C=O) groups excluding carboxylic acids is 2. The summed E-state index contributed by atoms with van der Waals surface area (Å²) in [4.78, 5) is 33.9. The average Bonchev–Trinajstić information content (AvgIpc) is 2.65. The molecule has 0 aromatic rings. The molecule has 0 bridgehead atoms. The molecule has 0 fully saturated rings. The molecular formula is C22H41NO5. The molecule has 164 valence electrons. The molecule has 0 radical (unpaired) electrons. The van der Waals surface area contributed by atoms with E-state index >= 15 is 0 Å². The van der Waals surface area contributed by atoms with E-state index in [1.165, 1.54) is 32.1 Å². The number of hydrogen-bond acceptors (Lipinski definition) is 4. The third kappa shape index (κ3) is 17.8. The lowest BCUT2D eigenvalue weighted by Gasteiger charge is -2.17. The number of aliphatic carboxylic acids is 1. The molecule has 0 aliphatic heterocycles. The first-order valence-corrected chi connectivity index (χ1v) is 11.2. The molecule has 2 N–H and O–H groups in total. The van der Waals surface area contributed by atoms with E-state index < -0.39 is 5.97 Å². The molecule has 0 aliphatic carbocycles. The van der Waals surface area contributed by atoms with Crippen LogP contribution in [0.15, 0.2) is 0 Å². The topological polar surface area (TPSA) is 92.7 Å². The quantitative estimate of drug-likeness (QED) is 0.236. The summed E-state index contributed by atoms with van der Waals surface area (Å²) in [7, 11) is 0. The minimum atomic E-state index is -1.03. The Morgan fingerprint density at radius 1 is 0.786 bits per heavy atom. The Hall–Kier alpha value is -1.59. The van der Waals surface area contributed by atoms with Crippen molar-refractivity contribution in [1.29, 1.82) is 0 Å². The number of hydrogen-bond donors (Lipinski definition) is 2. The van der Waals surface area contributed by atoms with Crippen molar-refractivity contribution in [2.75, 3.05) is 6.54 Å².